The average Bonchev–Trinajstić information content (AvgIpc) is 2.70. The van der Waals surface area contributed by atoms with E-state index in [1.165, 1.54) is 17.8 Å². The third-order valence-corrected chi connectivity index (χ3v) is 4.52. The lowest BCUT2D eigenvalue weighted by Gasteiger charge is -2.18. The van der Waals surface area contributed by atoms with Gasteiger partial charge < -0.3 is 14.8 Å². The Balaban J connectivity index is 3.01. The maximum Gasteiger partial charge on any atom is 0.352 e. The van der Waals surface area contributed by atoms with E-state index < -0.39 is 22.0 Å². The molecule has 0 aliphatic heterocycles. The molecule has 7 nitrogen and oxygen atoms in total. The van der Waals surface area contributed by atoms with Crippen molar-refractivity contribution in [2.45, 2.75) is 24.8 Å². The van der Waals surface area contributed by atoms with E-state index in [0.29, 0.717) is 0 Å². The number of rotatable bonds is 6. The number of carboxylic acids is 1. The summed E-state index contributed by atoms with van der Waals surface area (Å²) in [7, 11) is -2.33. The van der Waals surface area contributed by atoms with Gasteiger partial charge in [-0.15, -0.1) is 0 Å². The van der Waals surface area contributed by atoms with Crippen molar-refractivity contribution >= 4 is 16.0 Å². The molecule has 2 unspecified atom stereocenters. The molecule has 0 aliphatic rings. The van der Waals surface area contributed by atoms with E-state index in [1.54, 1.807) is 13.8 Å². The van der Waals surface area contributed by atoms with E-state index in [0.717, 1.165) is 6.07 Å². The quantitative estimate of drug-likeness (QED) is 0.684. The Bertz CT molecular complexity index is 564. The maximum atomic E-state index is 12.1. The lowest BCUT2D eigenvalue weighted by molar-refractivity contribution is 0.0686. The zero-order chi connectivity index (χ0) is 14.8. The molecule has 1 heterocycles. The predicted molar refractivity (Wildman–Crippen MR) is 68.4 cm³/mol. The first-order chi connectivity index (χ1) is 8.69. The van der Waals surface area contributed by atoms with Crippen LogP contribution in [0.1, 0.15) is 24.3 Å². The Labute approximate surface area is 111 Å². The summed E-state index contributed by atoms with van der Waals surface area (Å²) in [6.45, 7) is 3.21. The van der Waals surface area contributed by atoms with Crippen molar-refractivity contribution in [2.75, 3.05) is 6.61 Å². The molecule has 0 aliphatic carbocycles. The molecule has 0 bridgehead atoms. The second kappa shape index (κ2) is 5.72. The molecule has 1 aromatic heterocycles. The molecule has 3 N–H and O–H groups in total. The minimum Gasteiger partial charge on any atom is -0.477 e. The number of sulfonamides is 1. The smallest absolute Gasteiger partial charge is 0.352 e. The summed E-state index contributed by atoms with van der Waals surface area (Å²) < 4.78 is 27.7. The van der Waals surface area contributed by atoms with Crippen LogP contribution in [0.4, 0.5) is 0 Å². The average molecular weight is 290 g/mol. The second-order valence-corrected chi connectivity index (χ2v) is 6.26. The van der Waals surface area contributed by atoms with Crippen LogP contribution in [0.25, 0.3) is 0 Å². The number of carbonyl (C=O) groups is 1. The highest BCUT2D eigenvalue weighted by molar-refractivity contribution is 7.89. The van der Waals surface area contributed by atoms with Gasteiger partial charge in [0.05, 0.1) is 0 Å². The van der Waals surface area contributed by atoms with Crippen LogP contribution in [0.5, 0.6) is 0 Å². The van der Waals surface area contributed by atoms with Crippen molar-refractivity contribution < 1.29 is 23.4 Å². The van der Waals surface area contributed by atoms with Crippen LogP contribution in [0.3, 0.4) is 0 Å². The Morgan fingerprint density at radius 3 is 2.47 bits per heavy atom. The number of nitrogens with one attached hydrogen (secondary N) is 1. The molecule has 0 aromatic carbocycles. The van der Waals surface area contributed by atoms with E-state index in [4.69, 9.17) is 10.2 Å². The minimum atomic E-state index is -3.80. The van der Waals surface area contributed by atoms with Gasteiger partial charge in [-0.2, -0.15) is 0 Å². The van der Waals surface area contributed by atoms with Crippen LogP contribution in [-0.4, -0.2) is 41.8 Å². The van der Waals surface area contributed by atoms with Gasteiger partial charge in [0.1, 0.15) is 10.6 Å². The minimum absolute atomic E-state index is 0.107. The van der Waals surface area contributed by atoms with Crippen molar-refractivity contribution in [1.82, 2.24) is 9.29 Å². The summed E-state index contributed by atoms with van der Waals surface area (Å²) >= 11 is 0. The molecular formula is C11H18N2O5S. The molecule has 8 heteroatoms. The summed E-state index contributed by atoms with van der Waals surface area (Å²) in [6.07, 6.45) is 1.24. The number of aliphatic hydroxyl groups excluding tert-OH is 1. The Kier molecular flexibility index (Phi) is 4.72. The molecular weight excluding hydrogens is 272 g/mol. The number of carboxylic acid groups (broad SMARTS) is 1. The largest absolute Gasteiger partial charge is 0.477 e. The van der Waals surface area contributed by atoms with Gasteiger partial charge >= 0.3 is 5.97 Å². The third kappa shape index (κ3) is 3.55. The highest BCUT2D eigenvalue weighted by atomic mass is 32.2. The highest BCUT2D eigenvalue weighted by Gasteiger charge is 2.23. The van der Waals surface area contributed by atoms with Gasteiger partial charge in [-0.25, -0.2) is 17.9 Å². The van der Waals surface area contributed by atoms with Crippen LogP contribution < -0.4 is 4.72 Å². The molecule has 0 amide bonds. The lowest BCUT2D eigenvalue weighted by atomic mass is 10.1. The maximum absolute atomic E-state index is 12.1. The fourth-order valence-electron chi connectivity index (χ4n) is 1.48. The number of aromatic nitrogens is 1. The van der Waals surface area contributed by atoms with E-state index >= 15 is 0 Å². The van der Waals surface area contributed by atoms with Gasteiger partial charge in [0.25, 0.3) is 0 Å². The topological polar surface area (TPSA) is 109 Å². The first-order valence-corrected chi connectivity index (χ1v) is 7.20. The number of aromatic carboxylic acids is 1. The molecule has 1 rings (SSSR count). The number of hydrogen-bond donors (Lipinski definition) is 3. The SMILES string of the molecule is CC(CO)C(C)NS(=O)(=O)c1cc(C(=O)O)n(C)c1. The lowest BCUT2D eigenvalue weighted by Crippen LogP contribution is -2.38. The molecule has 108 valence electrons. The van der Waals surface area contributed by atoms with Crippen molar-refractivity contribution in [3.8, 4) is 0 Å². The Hall–Kier alpha value is -1.38. The second-order valence-electron chi connectivity index (χ2n) is 4.55. The van der Waals surface area contributed by atoms with Crippen LogP contribution in [0.15, 0.2) is 17.2 Å². The molecule has 0 saturated heterocycles. The predicted octanol–water partition coefficient (Wildman–Crippen LogP) is 0.0185. The molecule has 0 fully saturated rings. The van der Waals surface area contributed by atoms with Gasteiger partial charge in [-0.1, -0.05) is 6.92 Å². The standard InChI is InChI=1S/C11H18N2O5S/c1-7(6-14)8(2)12-19(17,18)9-4-10(11(15)16)13(3)5-9/h4-5,7-8,12,14H,6H2,1-3H3,(H,15,16). The highest BCUT2D eigenvalue weighted by Crippen LogP contribution is 2.15. The van der Waals surface area contributed by atoms with Crippen molar-refractivity contribution in [1.29, 1.82) is 0 Å². The van der Waals surface area contributed by atoms with E-state index in [-0.39, 0.29) is 23.1 Å². The fourth-order valence-corrected chi connectivity index (χ4v) is 2.90. The first-order valence-electron chi connectivity index (χ1n) is 5.72. The Morgan fingerprint density at radius 2 is 2.05 bits per heavy atom. The normalized spacial score (nSPS) is 15.2. The summed E-state index contributed by atoms with van der Waals surface area (Å²) in [4.78, 5) is 10.8. The van der Waals surface area contributed by atoms with E-state index in [1.807, 2.05) is 0 Å². The number of aryl methyl sites for hydroxylation is 1. The van der Waals surface area contributed by atoms with Crippen molar-refractivity contribution in [2.24, 2.45) is 13.0 Å². The summed E-state index contributed by atoms with van der Waals surface area (Å²) in [5.41, 5.74) is -0.108. The van der Waals surface area contributed by atoms with E-state index in [2.05, 4.69) is 4.72 Å². The van der Waals surface area contributed by atoms with Gasteiger partial charge in [0, 0.05) is 25.9 Å². The summed E-state index contributed by atoms with van der Waals surface area (Å²) in [5.74, 6) is -1.43. The van der Waals surface area contributed by atoms with Crippen LogP contribution in [-0.2, 0) is 17.1 Å². The zero-order valence-corrected chi connectivity index (χ0v) is 11.8. The Morgan fingerprint density at radius 1 is 1.47 bits per heavy atom. The zero-order valence-electron chi connectivity index (χ0n) is 11.0. The molecule has 0 radical (unpaired) electrons. The number of aliphatic hydroxyl groups is 1. The fraction of sp³-hybridized carbons (Fsp3) is 0.545. The summed E-state index contributed by atoms with van der Waals surface area (Å²) in [6, 6.07) is 0.643. The monoisotopic (exact) mass is 290 g/mol. The van der Waals surface area contributed by atoms with Crippen molar-refractivity contribution in [3.05, 3.63) is 18.0 Å². The molecule has 19 heavy (non-hydrogen) atoms. The molecule has 1 aromatic rings. The van der Waals surface area contributed by atoms with Gasteiger partial charge in [-0.05, 0) is 18.9 Å². The van der Waals surface area contributed by atoms with Gasteiger partial charge in [0.15, 0.2) is 0 Å². The van der Waals surface area contributed by atoms with Crippen LogP contribution in [0.2, 0.25) is 0 Å². The first kappa shape index (κ1) is 15.7. The van der Waals surface area contributed by atoms with Crippen LogP contribution in [0, 0.1) is 5.92 Å². The number of nitrogens with zero attached hydrogens (tertiary/aromatic N) is 1. The van der Waals surface area contributed by atoms with Gasteiger partial charge in [0.2, 0.25) is 10.0 Å². The van der Waals surface area contributed by atoms with Crippen LogP contribution >= 0.6 is 0 Å². The molecule has 2 atom stereocenters. The molecule has 0 saturated carbocycles. The third-order valence-electron chi connectivity index (χ3n) is 2.99. The van der Waals surface area contributed by atoms with Gasteiger partial charge in [-0.3, -0.25) is 0 Å². The van der Waals surface area contributed by atoms with Crippen molar-refractivity contribution in [3.63, 3.8) is 0 Å². The summed E-state index contributed by atoms with van der Waals surface area (Å²) in [5, 5.41) is 17.9. The number of hydrogen-bond acceptors (Lipinski definition) is 4. The molecule has 0 spiro atoms. The van der Waals surface area contributed by atoms with E-state index in [9.17, 15) is 13.2 Å².